The van der Waals surface area contributed by atoms with Crippen molar-refractivity contribution in [3.05, 3.63) is 18.0 Å². The second-order valence-electron chi connectivity index (χ2n) is 6.94. The van der Waals surface area contributed by atoms with Gasteiger partial charge in [-0.15, -0.1) is 0 Å². The molecule has 122 valence electrons. The van der Waals surface area contributed by atoms with Crippen LogP contribution in [0.1, 0.15) is 50.6 Å². The standard InChI is InChI=1S/C17H28N4O/c1-13(14-2-7-18-8-3-14)12-17(22)21-10-5-15(6-11-21)16-4-9-19-20-16/h4,9,13-15,18H,2-3,5-8,10-12H2,1H3,(H,19,20). The van der Waals surface area contributed by atoms with Gasteiger partial charge >= 0.3 is 0 Å². The fraction of sp³-hybridized carbons (Fsp3) is 0.765. The van der Waals surface area contributed by atoms with E-state index in [-0.39, 0.29) is 0 Å². The molecular weight excluding hydrogens is 276 g/mol. The molecule has 2 aliphatic rings. The van der Waals surface area contributed by atoms with Gasteiger partial charge in [-0.25, -0.2) is 0 Å². The van der Waals surface area contributed by atoms with Gasteiger partial charge in [-0.1, -0.05) is 6.92 Å². The molecule has 1 unspecified atom stereocenters. The summed E-state index contributed by atoms with van der Waals surface area (Å²) in [5, 5.41) is 10.5. The molecule has 0 saturated carbocycles. The molecule has 3 heterocycles. The van der Waals surface area contributed by atoms with Crippen LogP contribution in [0, 0.1) is 11.8 Å². The number of carbonyl (C=O) groups excluding carboxylic acids is 1. The first kappa shape index (κ1) is 15.5. The molecule has 0 aromatic carbocycles. The van der Waals surface area contributed by atoms with Gasteiger partial charge in [-0.2, -0.15) is 5.10 Å². The number of rotatable bonds is 4. The SMILES string of the molecule is CC(CC(=O)N1CCC(c2ccn[nH]2)CC1)C1CCNCC1. The zero-order chi connectivity index (χ0) is 15.4. The fourth-order valence-electron chi connectivity index (χ4n) is 3.92. The van der Waals surface area contributed by atoms with Gasteiger partial charge in [0.25, 0.3) is 0 Å². The highest BCUT2D eigenvalue weighted by atomic mass is 16.2. The molecule has 3 rings (SSSR count). The van der Waals surface area contributed by atoms with Crippen molar-refractivity contribution in [1.82, 2.24) is 20.4 Å². The Morgan fingerprint density at radius 1 is 1.32 bits per heavy atom. The lowest BCUT2D eigenvalue weighted by atomic mass is 9.83. The molecule has 5 nitrogen and oxygen atoms in total. The molecule has 0 radical (unpaired) electrons. The zero-order valence-electron chi connectivity index (χ0n) is 13.6. The maximum absolute atomic E-state index is 12.5. The van der Waals surface area contributed by atoms with Crippen LogP contribution in [0.5, 0.6) is 0 Å². The molecule has 5 heteroatoms. The molecule has 2 fully saturated rings. The number of hydrogen-bond donors (Lipinski definition) is 2. The molecule has 0 aliphatic carbocycles. The van der Waals surface area contributed by atoms with Gasteiger partial charge < -0.3 is 10.2 Å². The van der Waals surface area contributed by atoms with Gasteiger partial charge in [0.2, 0.25) is 5.91 Å². The van der Waals surface area contributed by atoms with Crippen LogP contribution in [0.2, 0.25) is 0 Å². The molecule has 1 aromatic rings. The van der Waals surface area contributed by atoms with Crippen molar-refractivity contribution in [2.75, 3.05) is 26.2 Å². The maximum atomic E-state index is 12.5. The Morgan fingerprint density at radius 3 is 2.68 bits per heavy atom. The third-order valence-electron chi connectivity index (χ3n) is 5.49. The molecule has 1 amide bonds. The number of aromatic nitrogens is 2. The zero-order valence-corrected chi connectivity index (χ0v) is 13.6. The van der Waals surface area contributed by atoms with Crippen LogP contribution in [-0.4, -0.2) is 47.2 Å². The summed E-state index contributed by atoms with van der Waals surface area (Å²) < 4.78 is 0. The Hall–Kier alpha value is -1.36. The van der Waals surface area contributed by atoms with Gasteiger partial charge in [0, 0.05) is 37.3 Å². The summed E-state index contributed by atoms with van der Waals surface area (Å²) in [7, 11) is 0. The van der Waals surface area contributed by atoms with Gasteiger partial charge in [0.05, 0.1) is 0 Å². The molecule has 2 saturated heterocycles. The van der Waals surface area contributed by atoms with E-state index in [1.54, 1.807) is 0 Å². The number of amides is 1. The van der Waals surface area contributed by atoms with E-state index in [2.05, 4.69) is 33.4 Å². The van der Waals surface area contributed by atoms with Crippen LogP contribution in [0.3, 0.4) is 0 Å². The van der Waals surface area contributed by atoms with Crippen LogP contribution >= 0.6 is 0 Å². The van der Waals surface area contributed by atoms with E-state index in [0.29, 0.717) is 23.7 Å². The number of likely N-dealkylation sites (tertiary alicyclic amines) is 1. The van der Waals surface area contributed by atoms with Crippen molar-refractivity contribution in [2.24, 2.45) is 11.8 Å². The molecule has 2 aliphatic heterocycles. The predicted octanol–water partition coefficient (Wildman–Crippen LogP) is 2.14. The Balaban J connectivity index is 1.45. The first-order chi connectivity index (χ1) is 10.7. The molecule has 1 aromatic heterocycles. The van der Waals surface area contributed by atoms with E-state index < -0.39 is 0 Å². The van der Waals surface area contributed by atoms with Crippen LogP contribution < -0.4 is 5.32 Å². The van der Waals surface area contributed by atoms with E-state index in [4.69, 9.17) is 0 Å². The predicted molar refractivity (Wildman–Crippen MR) is 86.5 cm³/mol. The molecule has 0 spiro atoms. The molecular formula is C17H28N4O. The highest BCUT2D eigenvalue weighted by molar-refractivity contribution is 5.76. The monoisotopic (exact) mass is 304 g/mol. The fourth-order valence-corrected chi connectivity index (χ4v) is 3.92. The normalized spacial score (nSPS) is 22.7. The summed E-state index contributed by atoms with van der Waals surface area (Å²) in [4.78, 5) is 14.6. The van der Waals surface area contributed by atoms with Crippen molar-refractivity contribution in [1.29, 1.82) is 0 Å². The van der Waals surface area contributed by atoms with Crippen LogP contribution in [0.4, 0.5) is 0 Å². The maximum Gasteiger partial charge on any atom is 0.222 e. The van der Waals surface area contributed by atoms with Crippen molar-refractivity contribution >= 4 is 5.91 Å². The summed E-state index contributed by atoms with van der Waals surface area (Å²) >= 11 is 0. The molecule has 0 bridgehead atoms. The highest BCUT2D eigenvalue weighted by Crippen LogP contribution is 2.29. The number of aromatic amines is 1. The Labute approximate surface area is 132 Å². The summed E-state index contributed by atoms with van der Waals surface area (Å²) in [6.45, 7) is 6.26. The lowest BCUT2D eigenvalue weighted by molar-refractivity contribution is -0.133. The van der Waals surface area contributed by atoms with Gasteiger partial charge in [0.1, 0.15) is 0 Å². The highest BCUT2D eigenvalue weighted by Gasteiger charge is 2.27. The van der Waals surface area contributed by atoms with E-state index in [9.17, 15) is 4.79 Å². The minimum absolute atomic E-state index is 0.356. The quantitative estimate of drug-likeness (QED) is 0.896. The van der Waals surface area contributed by atoms with E-state index >= 15 is 0 Å². The third-order valence-corrected chi connectivity index (χ3v) is 5.49. The third kappa shape index (κ3) is 3.69. The minimum Gasteiger partial charge on any atom is -0.343 e. The van der Waals surface area contributed by atoms with Crippen LogP contribution in [0.15, 0.2) is 12.3 Å². The second-order valence-corrected chi connectivity index (χ2v) is 6.94. The van der Waals surface area contributed by atoms with E-state index in [1.807, 2.05) is 6.20 Å². The Morgan fingerprint density at radius 2 is 2.05 bits per heavy atom. The Bertz CT molecular complexity index is 459. The van der Waals surface area contributed by atoms with E-state index in [0.717, 1.165) is 45.4 Å². The summed E-state index contributed by atoms with van der Waals surface area (Å²) in [6, 6.07) is 2.06. The number of nitrogens with zero attached hydrogens (tertiary/aromatic N) is 2. The number of piperidine rings is 2. The smallest absolute Gasteiger partial charge is 0.222 e. The van der Waals surface area contributed by atoms with Gasteiger partial charge in [0.15, 0.2) is 0 Å². The largest absolute Gasteiger partial charge is 0.343 e. The molecule has 1 atom stereocenters. The average Bonchev–Trinajstić information content (AvgIpc) is 3.10. The van der Waals surface area contributed by atoms with Crippen molar-refractivity contribution in [2.45, 2.75) is 44.9 Å². The number of nitrogens with one attached hydrogen (secondary N) is 2. The topological polar surface area (TPSA) is 61.0 Å². The molecule has 2 N–H and O–H groups in total. The average molecular weight is 304 g/mol. The van der Waals surface area contributed by atoms with E-state index in [1.165, 1.54) is 18.5 Å². The number of H-pyrrole nitrogens is 1. The number of carbonyl (C=O) groups is 1. The molecule has 22 heavy (non-hydrogen) atoms. The minimum atomic E-state index is 0.356. The lowest BCUT2D eigenvalue weighted by Gasteiger charge is -2.34. The van der Waals surface area contributed by atoms with Crippen LogP contribution in [-0.2, 0) is 4.79 Å². The van der Waals surface area contributed by atoms with Crippen molar-refractivity contribution in [3.63, 3.8) is 0 Å². The number of hydrogen-bond acceptors (Lipinski definition) is 3. The van der Waals surface area contributed by atoms with Crippen molar-refractivity contribution < 1.29 is 4.79 Å². The summed E-state index contributed by atoms with van der Waals surface area (Å²) in [5.74, 6) is 2.12. The lowest BCUT2D eigenvalue weighted by Crippen LogP contribution is -2.40. The van der Waals surface area contributed by atoms with Gasteiger partial charge in [-0.05, 0) is 56.7 Å². The van der Waals surface area contributed by atoms with Crippen molar-refractivity contribution in [3.8, 4) is 0 Å². The first-order valence-corrected chi connectivity index (χ1v) is 8.72. The summed E-state index contributed by atoms with van der Waals surface area (Å²) in [5.41, 5.74) is 1.22. The van der Waals surface area contributed by atoms with Crippen LogP contribution in [0.25, 0.3) is 0 Å². The van der Waals surface area contributed by atoms with Gasteiger partial charge in [-0.3, -0.25) is 9.89 Å². The first-order valence-electron chi connectivity index (χ1n) is 8.72. The Kier molecular flexibility index (Phi) is 5.13. The summed E-state index contributed by atoms with van der Waals surface area (Å²) in [6.07, 6.45) is 7.07. The second kappa shape index (κ2) is 7.27.